The van der Waals surface area contributed by atoms with Crippen molar-refractivity contribution in [2.45, 2.75) is 19.4 Å². The normalized spacial score (nSPS) is 12.8. The number of hydrogen-bond acceptors (Lipinski definition) is 5. The van der Waals surface area contributed by atoms with E-state index < -0.39 is 6.04 Å². The van der Waals surface area contributed by atoms with Gasteiger partial charge in [-0.1, -0.05) is 66.7 Å². The summed E-state index contributed by atoms with van der Waals surface area (Å²) >= 11 is 12.8. The van der Waals surface area contributed by atoms with Gasteiger partial charge in [0.25, 0.3) is 0 Å². The van der Waals surface area contributed by atoms with E-state index in [-0.39, 0.29) is 5.97 Å². The summed E-state index contributed by atoms with van der Waals surface area (Å²) < 4.78 is 10.4. The highest BCUT2D eigenvalue weighted by molar-refractivity contribution is 6.33. The Bertz CT molecular complexity index is 1310. The van der Waals surface area contributed by atoms with Crippen molar-refractivity contribution in [3.63, 3.8) is 0 Å². The van der Waals surface area contributed by atoms with Crippen LogP contribution in [0.4, 0.5) is 0 Å². The van der Waals surface area contributed by atoms with E-state index >= 15 is 0 Å². The second-order valence-electron chi connectivity index (χ2n) is 8.47. The minimum absolute atomic E-state index is 0.326. The first-order valence-corrected chi connectivity index (χ1v) is 12.1. The highest BCUT2D eigenvalue weighted by Gasteiger charge is 2.26. The van der Waals surface area contributed by atoms with Crippen LogP contribution >= 0.6 is 23.2 Å². The minimum atomic E-state index is -0.556. The molecule has 3 aromatic rings. The van der Waals surface area contributed by atoms with Gasteiger partial charge in [-0.2, -0.15) is 0 Å². The molecule has 0 aliphatic rings. The fraction of sp³-hybridized carbons (Fsp3) is 0.241. The zero-order valence-corrected chi connectivity index (χ0v) is 22.5. The average molecular weight is 525 g/mol. The molecule has 188 valence electrons. The van der Waals surface area contributed by atoms with Gasteiger partial charge in [0, 0.05) is 28.1 Å². The molecule has 2 aromatic carbocycles. The van der Waals surface area contributed by atoms with Crippen LogP contribution in [0.1, 0.15) is 11.1 Å². The van der Waals surface area contributed by atoms with Crippen molar-refractivity contribution < 1.29 is 14.3 Å². The van der Waals surface area contributed by atoms with E-state index in [1.165, 1.54) is 20.3 Å². The number of benzene rings is 2. The Labute approximate surface area is 222 Å². The fourth-order valence-corrected chi connectivity index (χ4v) is 4.56. The predicted octanol–water partition coefficient (Wildman–Crippen LogP) is 6.72. The number of aromatic nitrogens is 1. The Hall–Kier alpha value is -3.12. The van der Waals surface area contributed by atoms with Gasteiger partial charge in [-0.05, 0) is 55.8 Å². The summed E-state index contributed by atoms with van der Waals surface area (Å²) in [6.45, 7) is 9.98. The summed E-state index contributed by atoms with van der Waals surface area (Å²) in [7, 11) is 4.74. The number of carbonyl (C=O) groups excluding carboxylic acids is 1. The largest absolute Gasteiger partial charge is 0.497 e. The van der Waals surface area contributed by atoms with Crippen LogP contribution in [-0.4, -0.2) is 49.7 Å². The monoisotopic (exact) mass is 524 g/mol. The lowest BCUT2D eigenvalue weighted by Gasteiger charge is -2.27. The maximum Gasteiger partial charge on any atom is 0.323 e. The molecule has 0 radical (unpaired) electrons. The standard InChI is InChI=1S/C29H30Cl2N2O3/c1-7-23(30)22(19(3)35-5)17-33(4)27(29(34)36-6)16-20-11-13-25-21(15-20)12-14-26(32-25)28-18(2)9-8-10-24(28)31/h7-15,27H,1,3,16-17H2,2,4-6H3/b23-22+. The van der Waals surface area contributed by atoms with E-state index in [9.17, 15) is 4.79 Å². The maximum atomic E-state index is 12.7. The predicted molar refractivity (Wildman–Crippen MR) is 148 cm³/mol. The lowest BCUT2D eigenvalue weighted by atomic mass is 10.0. The Morgan fingerprint density at radius 2 is 1.92 bits per heavy atom. The number of hydrogen-bond donors (Lipinski definition) is 0. The molecule has 0 bridgehead atoms. The van der Waals surface area contributed by atoms with E-state index in [0.29, 0.717) is 34.4 Å². The molecule has 0 saturated heterocycles. The Kier molecular flexibility index (Phi) is 9.32. The number of pyridine rings is 1. The Morgan fingerprint density at radius 1 is 1.17 bits per heavy atom. The number of fused-ring (bicyclic) bond motifs is 1. The van der Waals surface area contributed by atoms with Crippen LogP contribution in [0.3, 0.4) is 0 Å². The topological polar surface area (TPSA) is 51.7 Å². The van der Waals surface area contributed by atoms with Crippen molar-refractivity contribution in [1.29, 1.82) is 0 Å². The molecule has 1 aromatic heterocycles. The van der Waals surface area contributed by atoms with Gasteiger partial charge in [0.15, 0.2) is 0 Å². The number of ether oxygens (including phenoxy) is 2. The number of rotatable bonds is 10. The van der Waals surface area contributed by atoms with E-state index in [1.807, 2.05) is 67.4 Å². The van der Waals surface area contributed by atoms with Crippen molar-refractivity contribution in [2.24, 2.45) is 0 Å². The lowest BCUT2D eigenvalue weighted by molar-refractivity contribution is -0.146. The molecule has 5 nitrogen and oxygen atoms in total. The molecule has 0 amide bonds. The van der Waals surface area contributed by atoms with Crippen LogP contribution in [0.2, 0.25) is 5.02 Å². The van der Waals surface area contributed by atoms with Crippen molar-refractivity contribution >= 4 is 40.1 Å². The third-order valence-electron chi connectivity index (χ3n) is 6.12. The molecule has 7 heteroatoms. The minimum Gasteiger partial charge on any atom is -0.497 e. The molecule has 0 saturated carbocycles. The molecule has 0 N–H and O–H groups in total. The molecule has 1 unspecified atom stereocenters. The fourth-order valence-electron chi connectivity index (χ4n) is 4.08. The lowest BCUT2D eigenvalue weighted by Crippen LogP contribution is -2.42. The van der Waals surface area contributed by atoms with Crippen LogP contribution in [0, 0.1) is 6.92 Å². The average Bonchev–Trinajstić information content (AvgIpc) is 2.88. The third kappa shape index (κ3) is 6.16. The number of allylic oxidation sites excluding steroid dienone is 2. The first-order valence-electron chi connectivity index (χ1n) is 11.4. The van der Waals surface area contributed by atoms with E-state index in [0.717, 1.165) is 33.3 Å². The van der Waals surface area contributed by atoms with E-state index in [2.05, 4.69) is 13.2 Å². The third-order valence-corrected chi connectivity index (χ3v) is 6.82. The van der Waals surface area contributed by atoms with Crippen LogP contribution in [0.5, 0.6) is 0 Å². The molecule has 1 heterocycles. The summed E-state index contributed by atoms with van der Waals surface area (Å²) in [6.07, 6.45) is 1.96. The van der Waals surface area contributed by atoms with Crippen molar-refractivity contribution in [2.75, 3.05) is 27.8 Å². The van der Waals surface area contributed by atoms with Gasteiger partial charge >= 0.3 is 5.97 Å². The number of nitrogens with zero attached hydrogens (tertiary/aromatic N) is 2. The zero-order valence-electron chi connectivity index (χ0n) is 21.0. The summed E-state index contributed by atoms with van der Waals surface area (Å²) in [5.74, 6) is 0.0640. The molecule has 0 aliphatic heterocycles. The van der Waals surface area contributed by atoms with Gasteiger partial charge in [0.05, 0.1) is 30.5 Å². The van der Waals surface area contributed by atoms with Gasteiger partial charge in [-0.15, -0.1) is 0 Å². The molecule has 0 aliphatic carbocycles. The Morgan fingerprint density at radius 3 is 2.56 bits per heavy atom. The maximum absolute atomic E-state index is 12.7. The number of carbonyl (C=O) groups is 1. The van der Waals surface area contributed by atoms with Crippen LogP contribution < -0.4 is 0 Å². The smallest absolute Gasteiger partial charge is 0.323 e. The van der Waals surface area contributed by atoms with Crippen LogP contribution in [-0.2, 0) is 20.7 Å². The van der Waals surface area contributed by atoms with Crippen LogP contribution in [0.25, 0.3) is 22.2 Å². The van der Waals surface area contributed by atoms with Gasteiger partial charge in [-0.3, -0.25) is 9.69 Å². The zero-order chi connectivity index (χ0) is 26.4. The van der Waals surface area contributed by atoms with Gasteiger partial charge in [-0.25, -0.2) is 4.98 Å². The molecule has 3 rings (SSSR count). The summed E-state index contributed by atoms with van der Waals surface area (Å²) in [5, 5.41) is 2.05. The number of halogens is 2. The summed E-state index contributed by atoms with van der Waals surface area (Å²) in [6, 6.07) is 15.2. The first kappa shape index (κ1) is 27.5. The molecule has 1 atom stereocenters. The van der Waals surface area contributed by atoms with Crippen molar-refractivity contribution in [1.82, 2.24) is 9.88 Å². The van der Waals surface area contributed by atoms with Gasteiger partial charge < -0.3 is 9.47 Å². The second-order valence-corrected chi connectivity index (χ2v) is 9.29. The highest BCUT2D eigenvalue weighted by Crippen LogP contribution is 2.31. The van der Waals surface area contributed by atoms with E-state index in [1.54, 1.807) is 0 Å². The number of likely N-dealkylation sites (N-methyl/N-ethyl adjacent to an activating group) is 1. The molecule has 0 fully saturated rings. The van der Waals surface area contributed by atoms with Crippen LogP contribution in [0.15, 0.2) is 84.1 Å². The van der Waals surface area contributed by atoms with Gasteiger partial charge in [0.1, 0.15) is 11.8 Å². The molecular weight excluding hydrogens is 495 g/mol. The molecular formula is C29H30Cl2N2O3. The molecule has 0 spiro atoms. The number of aryl methyl sites for hydroxylation is 1. The van der Waals surface area contributed by atoms with Crippen molar-refractivity contribution in [3.05, 3.63) is 100 Å². The summed E-state index contributed by atoms with van der Waals surface area (Å²) in [4.78, 5) is 19.4. The molecule has 36 heavy (non-hydrogen) atoms. The SMILES string of the molecule is C=C/C(Cl)=C(/CN(C)C(Cc1ccc2nc(-c3c(C)cccc3Cl)ccc2c1)C(=O)OC)C(=C)OC. The highest BCUT2D eigenvalue weighted by atomic mass is 35.5. The quantitative estimate of drug-likeness (QED) is 0.167. The van der Waals surface area contributed by atoms with Crippen molar-refractivity contribution in [3.8, 4) is 11.3 Å². The second kappa shape index (κ2) is 12.2. The first-order chi connectivity index (χ1) is 17.2. The van der Waals surface area contributed by atoms with Gasteiger partial charge in [0.2, 0.25) is 0 Å². The van der Waals surface area contributed by atoms with E-state index in [4.69, 9.17) is 37.7 Å². The Balaban J connectivity index is 1.90. The number of methoxy groups -OCH3 is 2. The summed E-state index contributed by atoms with van der Waals surface area (Å²) in [5.41, 5.74) is 5.28. The number of esters is 1.